The lowest BCUT2D eigenvalue weighted by atomic mass is 9.86. The molecule has 2 aromatic rings. The van der Waals surface area contributed by atoms with Gasteiger partial charge in [0.05, 0.1) is 18.5 Å². The van der Waals surface area contributed by atoms with E-state index in [9.17, 15) is 14.0 Å². The van der Waals surface area contributed by atoms with Gasteiger partial charge in [0.1, 0.15) is 5.82 Å². The molecule has 0 radical (unpaired) electrons. The molecule has 0 amide bonds. The predicted octanol–water partition coefficient (Wildman–Crippen LogP) is 2.23. The topological polar surface area (TPSA) is 59.2 Å². The first-order chi connectivity index (χ1) is 9.11. The number of nitrogens with one attached hydrogen (secondary N) is 1. The van der Waals surface area contributed by atoms with E-state index >= 15 is 0 Å². The fourth-order valence-electron chi connectivity index (χ4n) is 2.68. The molecule has 1 unspecified atom stereocenters. The van der Waals surface area contributed by atoms with E-state index in [1.165, 1.54) is 13.2 Å². The summed E-state index contributed by atoms with van der Waals surface area (Å²) in [7, 11) is 1.30. The summed E-state index contributed by atoms with van der Waals surface area (Å²) in [6, 6.07) is 4.63. The average molecular weight is 261 g/mol. The number of hydrogen-bond donors (Lipinski definition) is 1. The third-order valence-corrected chi connectivity index (χ3v) is 3.56. The molecule has 1 aliphatic carbocycles. The third-order valence-electron chi connectivity index (χ3n) is 3.56. The first kappa shape index (κ1) is 11.9. The van der Waals surface area contributed by atoms with Crippen molar-refractivity contribution in [2.45, 2.75) is 12.8 Å². The van der Waals surface area contributed by atoms with E-state index in [1.54, 1.807) is 12.1 Å². The molecule has 0 aliphatic heterocycles. The zero-order valence-electron chi connectivity index (χ0n) is 10.3. The fraction of sp³-hybridized carbons (Fsp3) is 0.286. The van der Waals surface area contributed by atoms with Gasteiger partial charge in [-0.3, -0.25) is 9.59 Å². The molecule has 0 spiro atoms. The lowest BCUT2D eigenvalue weighted by Crippen LogP contribution is -2.27. The van der Waals surface area contributed by atoms with E-state index < -0.39 is 17.7 Å². The van der Waals surface area contributed by atoms with Crippen molar-refractivity contribution in [1.29, 1.82) is 0 Å². The largest absolute Gasteiger partial charge is 0.469 e. The van der Waals surface area contributed by atoms with E-state index in [2.05, 4.69) is 9.72 Å². The number of methoxy groups -OCH3 is 1. The normalized spacial score (nSPS) is 18.4. The minimum atomic E-state index is -0.485. The van der Waals surface area contributed by atoms with Crippen LogP contribution >= 0.6 is 0 Å². The highest BCUT2D eigenvalue weighted by Gasteiger charge is 2.33. The van der Waals surface area contributed by atoms with Crippen LogP contribution in [0.25, 0.3) is 10.9 Å². The van der Waals surface area contributed by atoms with Crippen molar-refractivity contribution in [2.24, 2.45) is 5.92 Å². The molecule has 1 aromatic heterocycles. The van der Waals surface area contributed by atoms with Crippen molar-refractivity contribution in [3.05, 3.63) is 35.3 Å². The maximum Gasteiger partial charge on any atom is 0.309 e. The second kappa shape index (κ2) is 4.19. The number of halogens is 1. The van der Waals surface area contributed by atoms with Gasteiger partial charge in [-0.1, -0.05) is 12.1 Å². The van der Waals surface area contributed by atoms with E-state index in [-0.39, 0.29) is 12.2 Å². The van der Waals surface area contributed by atoms with E-state index in [4.69, 9.17) is 0 Å². The van der Waals surface area contributed by atoms with Crippen molar-refractivity contribution >= 4 is 22.7 Å². The van der Waals surface area contributed by atoms with E-state index in [0.29, 0.717) is 28.6 Å². The van der Waals surface area contributed by atoms with Crippen LogP contribution in [0.4, 0.5) is 4.39 Å². The summed E-state index contributed by atoms with van der Waals surface area (Å²) in [5.41, 5.74) is 1.45. The number of H-pyrrole nitrogens is 1. The minimum Gasteiger partial charge on any atom is -0.469 e. The monoisotopic (exact) mass is 261 g/mol. The van der Waals surface area contributed by atoms with Crippen LogP contribution in [0.5, 0.6) is 0 Å². The second-order valence-electron chi connectivity index (χ2n) is 4.69. The molecule has 1 atom stereocenters. The number of ketones is 1. The van der Waals surface area contributed by atoms with Gasteiger partial charge in [-0.15, -0.1) is 0 Å². The van der Waals surface area contributed by atoms with Crippen LogP contribution in [0.3, 0.4) is 0 Å². The third kappa shape index (κ3) is 1.73. The Kier molecular flexibility index (Phi) is 2.62. The maximum absolute atomic E-state index is 13.7. The molecule has 1 heterocycles. The second-order valence-corrected chi connectivity index (χ2v) is 4.69. The van der Waals surface area contributed by atoms with Crippen LogP contribution in [0.2, 0.25) is 0 Å². The zero-order valence-corrected chi connectivity index (χ0v) is 10.3. The maximum atomic E-state index is 13.7. The van der Waals surface area contributed by atoms with Crippen molar-refractivity contribution in [1.82, 2.24) is 4.98 Å². The predicted molar refractivity (Wildman–Crippen MR) is 66.4 cm³/mol. The molecule has 98 valence electrons. The van der Waals surface area contributed by atoms with Crippen LogP contribution in [-0.4, -0.2) is 23.8 Å². The number of esters is 1. The number of carbonyl (C=O) groups excluding carboxylic acids is 2. The SMILES string of the molecule is COC(=O)C1CC(=O)c2c([nH]c3c(F)cccc23)C1. The smallest absolute Gasteiger partial charge is 0.309 e. The molecule has 1 aliphatic rings. The molecule has 0 bridgehead atoms. The van der Waals surface area contributed by atoms with Gasteiger partial charge in [0.2, 0.25) is 0 Å². The fourth-order valence-corrected chi connectivity index (χ4v) is 2.68. The number of benzene rings is 1. The highest BCUT2D eigenvalue weighted by Crippen LogP contribution is 2.32. The first-order valence-electron chi connectivity index (χ1n) is 6.02. The van der Waals surface area contributed by atoms with Crippen LogP contribution in [0.15, 0.2) is 18.2 Å². The van der Waals surface area contributed by atoms with Crippen LogP contribution in [-0.2, 0) is 16.0 Å². The van der Waals surface area contributed by atoms with Gasteiger partial charge in [0.25, 0.3) is 0 Å². The molecule has 5 heteroatoms. The standard InChI is InChI=1S/C14H12FNO3/c1-19-14(18)7-5-10-12(11(17)6-7)8-3-2-4-9(15)13(8)16-10/h2-4,7,16H,5-6H2,1H3. The van der Waals surface area contributed by atoms with Gasteiger partial charge in [-0.05, 0) is 6.07 Å². The summed E-state index contributed by atoms with van der Waals surface area (Å²) in [4.78, 5) is 26.6. The molecular formula is C14H12FNO3. The molecule has 0 fully saturated rings. The Morgan fingerprint density at radius 1 is 1.42 bits per heavy atom. The summed E-state index contributed by atoms with van der Waals surface area (Å²) in [6.45, 7) is 0. The molecule has 19 heavy (non-hydrogen) atoms. The molecule has 0 saturated heterocycles. The van der Waals surface area contributed by atoms with Crippen LogP contribution in [0.1, 0.15) is 22.5 Å². The van der Waals surface area contributed by atoms with E-state index in [1.807, 2.05) is 0 Å². The molecular weight excluding hydrogens is 249 g/mol. The van der Waals surface area contributed by atoms with E-state index in [0.717, 1.165) is 0 Å². The summed E-state index contributed by atoms with van der Waals surface area (Å²) < 4.78 is 18.4. The number of aromatic amines is 1. The summed E-state index contributed by atoms with van der Waals surface area (Å²) in [5, 5.41) is 0.586. The minimum absolute atomic E-state index is 0.114. The Morgan fingerprint density at radius 3 is 2.95 bits per heavy atom. The first-order valence-corrected chi connectivity index (χ1v) is 6.02. The Labute approximate surface area is 108 Å². The van der Waals surface area contributed by atoms with Crippen LogP contribution < -0.4 is 0 Å². The van der Waals surface area contributed by atoms with Crippen molar-refractivity contribution in [3.8, 4) is 0 Å². The van der Waals surface area contributed by atoms with Gasteiger partial charge >= 0.3 is 5.97 Å². The molecule has 1 aromatic carbocycles. The van der Waals surface area contributed by atoms with Crippen LogP contribution in [0, 0.1) is 11.7 Å². The number of carbonyl (C=O) groups is 2. The highest BCUT2D eigenvalue weighted by atomic mass is 19.1. The Balaban J connectivity index is 2.14. The van der Waals surface area contributed by atoms with Gasteiger partial charge in [0.15, 0.2) is 5.78 Å². The quantitative estimate of drug-likeness (QED) is 0.801. The summed E-state index contributed by atoms with van der Waals surface area (Å²) in [6.07, 6.45) is 0.491. The molecule has 0 saturated carbocycles. The summed E-state index contributed by atoms with van der Waals surface area (Å²) >= 11 is 0. The number of ether oxygens (including phenoxy) is 1. The van der Waals surface area contributed by atoms with Gasteiger partial charge < -0.3 is 9.72 Å². The number of aromatic nitrogens is 1. The Bertz CT molecular complexity index is 689. The number of hydrogen-bond acceptors (Lipinski definition) is 3. The average Bonchev–Trinajstić information content (AvgIpc) is 2.78. The Hall–Kier alpha value is -2.17. The zero-order chi connectivity index (χ0) is 13.6. The van der Waals surface area contributed by atoms with Crippen molar-refractivity contribution in [3.63, 3.8) is 0 Å². The van der Waals surface area contributed by atoms with Gasteiger partial charge in [-0.2, -0.15) is 0 Å². The molecule has 1 N–H and O–H groups in total. The van der Waals surface area contributed by atoms with Gasteiger partial charge in [-0.25, -0.2) is 4.39 Å². The Morgan fingerprint density at radius 2 is 2.21 bits per heavy atom. The number of fused-ring (bicyclic) bond motifs is 3. The lowest BCUT2D eigenvalue weighted by Gasteiger charge is -2.18. The molecule has 4 nitrogen and oxygen atoms in total. The van der Waals surface area contributed by atoms with Gasteiger partial charge in [0, 0.05) is 29.5 Å². The van der Waals surface area contributed by atoms with Crippen molar-refractivity contribution < 1.29 is 18.7 Å². The summed E-state index contributed by atoms with van der Waals surface area (Å²) in [5.74, 6) is -1.43. The number of para-hydroxylation sites is 1. The number of rotatable bonds is 1. The van der Waals surface area contributed by atoms with Crippen molar-refractivity contribution in [2.75, 3.05) is 7.11 Å². The highest BCUT2D eigenvalue weighted by molar-refractivity contribution is 6.11. The molecule has 3 rings (SSSR count). The number of Topliss-reactive ketones (excluding diaryl/α,β-unsaturated/α-hetero) is 1. The lowest BCUT2D eigenvalue weighted by molar-refractivity contribution is -0.145.